The Morgan fingerprint density at radius 1 is 1.36 bits per heavy atom. The van der Waals surface area contributed by atoms with E-state index in [4.69, 9.17) is 0 Å². The lowest BCUT2D eigenvalue weighted by Gasteiger charge is -2.12. The summed E-state index contributed by atoms with van der Waals surface area (Å²) < 4.78 is 3.10. The molecule has 2 nitrogen and oxygen atoms in total. The lowest BCUT2D eigenvalue weighted by molar-refractivity contribution is 1.27. The predicted molar refractivity (Wildman–Crippen MR) is 48.2 cm³/mol. The van der Waals surface area contributed by atoms with Gasteiger partial charge in [-0.05, 0) is 31.0 Å². The van der Waals surface area contributed by atoms with Crippen molar-refractivity contribution in [3.8, 4) is 0 Å². The van der Waals surface area contributed by atoms with Gasteiger partial charge < -0.3 is 4.72 Å². The van der Waals surface area contributed by atoms with Gasteiger partial charge in [-0.2, -0.15) is 0 Å². The van der Waals surface area contributed by atoms with Crippen LogP contribution in [0.1, 0.15) is 6.92 Å². The molecule has 1 aliphatic heterocycles. The molecule has 1 aromatic carbocycles. The zero-order valence-electron chi connectivity index (χ0n) is 6.16. The fraction of sp³-hybridized carbons (Fsp3) is 0.125. The zero-order valence-corrected chi connectivity index (χ0v) is 6.98. The Hall–Kier alpha value is -0.960. The van der Waals surface area contributed by atoms with Gasteiger partial charge in [0, 0.05) is 0 Å². The summed E-state index contributed by atoms with van der Waals surface area (Å²) in [6.45, 7) is 1.96. The van der Waals surface area contributed by atoms with E-state index in [1.165, 1.54) is 4.90 Å². The largest absolute Gasteiger partial charge is 0.314 e. The minimum Gasteiger partial charge on any atom is -0.314 e. The Morgan fingerprint density at radius 3 is 3.09 bits per heavy atom. The number of nitrogens with one attached hydrogen (secondary N) is 1. The van der Waals surface area contributed by atoms with Crippen LogP contribution in [0.25, 0.3) is 0 Å². The molecule has 0 aliphatic carbocycles. The highest BCUT2D eigenvalue weighted by molar-refractivity contribution is 7.98. The topological polar surface area (TPSA) is 24.4 Å². The highest BCUT2D eigenvalue weighted by Crippen LogP contribution is 2.30. The van der Waals surface area contributed by atoms with Gasteiger partial charge in [0.1, 0.15) is 5.84 Å². The summed E-state index contributed by atoms with van der Waals surface area (Å²) in [6.07, 6.45) is 0. The van der Waals surface area contributed by atoms with Crippen molar-refractivity contribution >= 4 is 23.5 Å². The Morgan fingerprint density at radius 2 is 2.18 bits per heavy atom. The van der Waals surface area contributed by atoms with Gasteiger partial charge in [0.15, 0.2) is 0 Å². The van der Waals surface area contributed by atoms with Crippen LogP contribution in [0.4, 0.5) is 5.69 Å². The van der Waals surface area contributed by atoms with Gasteiger partial charge in [0.2, 0.25) is 0 Å². The average molecular weight is 164 g/mol. The second kappa shape index (κ2) is 2.58. The molecule has 1 aromatic rings. The highest BCUT2D eigenvalue weighted by atomic mass is 32.2. The fourth-order valence-corrected chi connectivity index (χ4v) is 1.64. The number of aliphatic imine (C=N–C) groups is 1. The lowest BCUT2D eigenvalue weighted by atomic mass is 10.3. The maximum Gasteiger partial charge on any atom is 0.109 e. The Bertz CT molecular complexity index is 307. The van der Waals surface area contributed by atoms with Crippen molar-refractivity contribution in [2.45, 2.75) is 11.8 Å². The molecule has 0 unspecified atom stereocenters. The van der Waals surface area contributed by atoms with Crippen molar-refractivity contribution in [2.75, 3.05) is 0 Å². The van der Waals surface area contributed by atoms with E-state index >= 15 is 0 Å². The summed E-state index contributed by atoms with van der Waals surface area (Å²) >= 11 is 1.62. The van der Waals surface area contributed by atoms with Gasteiger partial charge in [0.05, 0.1) is 10.6 Å². The number of hydrogen-bond donors (Lipinski definition) is 1. The summed E-state index contributed by atoms with van der Waals surface area (Å²) in [5.41, 5.74) is 1.06. The summed E-state index contributed by atoms with van der Waals surface area (Å²) in [5, 5.41) is 0. The summed E-state index contributed by atoms with van der Waals surface area (Å²) in [7, 11) is 0. The molecule has 1 heterocycles. The molecule has 56 valence electrons. The van der Waals surface area contributed by atoms with Crippen LogP contribution in [0.3, 0.4) is 0 Å². The predicted octanol–water partition coefficient (Wildman–Crippen LogP) is 2.35. The van der Waals surface area contributed by atoms with Crippen LogP contribution < -0.4 is 4.72 Å². The molecule has 0 saturated heterocycles. The van der Waals surface area contributed by atoms with Crippen molar-refractivity contribution in [1.82, 2.24) is 4.72 Å². The number of para-hydroxylation sites is 1. The van der Waals surface area contributed by atoms with E-state index in [1.54, 1.807) is 11.9 Å². The summed E-state index contributed by atoms with van der Waals surface area (Å²) in [5.74, 6) is 0.966. The summed E-state index contributed by atoms with van der Waals surface area (Å²) in [4.78, 5) is 5.52. The molecule has 0 amide bonds. The molecule has 2 rings (SSSR count). The van der Waals surface area contributed by atoms with Crippen molar-refractivity contribution in [2.24, 2.45) is 4.99 Å². The van der Waals surface area contributed by atoms with Crippen LogP contribution in [0.2, 0.25) is 0 Å². The lowest BCUT2D eigenvalue weighted by Crippen LogP contribution is -2.13. The normalized spacial score (nSPS) is 14.8. The molecule has 0 bridgehead atoms. The number of rotatable bonds is 0. The number of fused-ring (bicyclic) bond motifs is 1. The third-order valence-electron chi connectivity index (χ3n) is 1.46. The fourth-order valence-electron chi connectivity index (χ4n) is 0.968. The average Bonchev–Trinajstić information content (AvgIpc) is 2.04. The molecule has 3 heteroatoms. The Kier molecular flexibility index (Phi) is 1.58. The minimum absolute atomic E-state index is 0.966. The van der Waals surface area contributed by atoms with Crippen molar-refractivity contribution in [3.63, 3.8) is 0 Å². The van der Waals surface area contributed by atoms with Crippen LogP contribution in [0.15, 0.2) is 34.2 Å². The van der Waals surface area contributed by atoms with Crippen LogP contribution >= 0.6 is 11.9 Å². The second-order valence-corrected chi connectivity index (χ2v) is 3.22. The third kappa shape index (κ3) is 1.24. The third-order valence-corrected chi connectivity index (χ3v) is 2.42. The molecule has 1 N–H and O–H groups in total. The number of hydrogen-bond acceptors (Lipinski definition) is 3. The molecule has 0 aromatic heterocycles. The molecule has 1 aliphatic rings. The molecule has 11 heavy (non-hydrogen) atoms. The molecule has 0 fully saturated rings. The van der Waals surface area contributed by atoms with E-state index < -0.39 is 0 Å². The first-order valence-corrected chi connectivity index (χ1v) is 4.25. The number of amidine groups is 1. The van der Waals surface area contributed by atoms with E-state index in [-0.39, 0.29) is 0 Å². The first-order chi connectivity index (χ1) is 5.36. The van der Waals surface area contributed by atoms with E-state index in [2.05, 4.69) is 15.8 Å². The van der Waals surface area contributed by atoms with Gasteiger partial charge in [-0.15, -0.1) is 0 Å². The van der Waals surface area contributed by atoms with Crippen molar-refractivity contribution < 1.29 is 0 Å². The smallest absolute Gasteiger partial charge is 0.109 e. The molecular formula is C8H8N2S. The SMILES string of the molecule is CC1=Nc2ccccc2SN1. The van der Waals surface area contributed by atoms with Crippen LogP contribution in [-0.2, 0) is 0 Å². The van der Waals surface area contributed by atoms with Gasteiger partial charge in [0.25, 0.3) is 0 Å². The summed E-state index contributed by atoms with van der Waals surface area (Å²) in [6, 6.07) is 8.10. The number of benzene rings is 1. The van der Waals surface area contributed by atoms with E-state index in [0.29, 0.717) is 0 Å². The molecule has 0 radical (unpaired) electrons. The zero-order chi connectivity index (χ0) is 7.68. The first-order valence-electron chi connectivity index (χ1n) is 3.43. The highest BCUT2D eigenvalue weighted by Gasteiger charge is 2.06. The van der Waals surface area contributed by atoms with E-state index in [9.17, 15) is 0 Å². The van der Waals surface area contributed by atoms with Crippen molar-refractivity contribution in [3.05, 3.63) is 24.3 Å². The Balaban J connectivity index is 2.51. The van der Waals surface area contributed by atoms with E-state index in [0.717, 1.165) is 11.5 Å². The quantitative estimate of drug-likeness (QED) is 0.595. The molecule has 0 atom stereocenters. The van der Waals surface area contributed by atoms with Gasteiger partial charge >= 0.3 is 0 Å². The second-order valence-electron chi connectivity index (χ2n) is 2.37. The van der Waals surface area contributed by atoms with Crippen LogP contribution in [0.5, 0.6) is 0 Å². The van der Waals surface area contributed by atoms with Gasteiger partial charge in [-0.25, -0.2) is 4.99 Å². The maximum atomic E-state index is 4.33. The van der Waals surface area contributed by atoms with Gasteiger partial charge in [-0.3, -0.25) is 0 Å². The molecule has 0 saturated carbocycles. The first kappa shape index (κ1) is 6.73. The minimum atomic E-state index is 0.966. The molecular weight excluding hydrogens is 156 g/mol. The Labute approximate surface area is 69.9 Å². The van der Waals surface area contributed by atoms with Crippen LogP contribution in [-0.4, -0.2) is 5.84 Å². The van der Waals surface area contributed by atoms with Gasteiger partial charge in [-0.1, -0.05) is 12.1 Å². The standard InChI is InChI=1S/C8H8N2S/c1-6-9-7-4-2-3-5-8(7)11-10-6/h2-5H,1H3,(H,9,10). The monoisotopic (exact) mass is 164 g/mol. The van der Waals surface area contributed by atoms with Crippen molar-refractivity contribution in [1.29, 1.82) is 0 Å². The maximum absolute atomic E-state index is 4.33. The van der Waals surface area contributed by atoms with E-state index in [1.807, 2.05) is 25.1 Å². The number of nitrogens with zero attached hydrogens (tertiary/aromatic N) is 1. The molecule has 0 spiro atoms. The van der Waals surface area contributed by atoms with Crippen LogP contribution in [0, 0.1) is 0 Å².